The van der Waals surface area contributed by atoms with E-state index in [1.807, 2.05) is 0 Å². The molecule has 2 saturated carbocycles. The van der Waals surface area contributed by atoms with Crippen molar-refractivity contribution >= 4 is 11.8 Å². The van der Waals surface area contributed by atoms with E-state index in [2.05, 4.69) is 12.2 Å². The van der Waals surface area contributed by atoms with Crippen molar-refractivity contribution in [3.05, 3.63) is 12.2 Å². The molecule has 0 radical (unpaired) electrons. The quantitative estimate of drug-likeness (QED) is 0.293. The molecule has 0 aromatic heterocycles. The SMILES string of the molecule is O=C1CC[C@H](/C=C/CCC2CCCC2)[C@H]1CCCCCC(O)(O)C(=O)O. The van der Waals surface area contributed by atoms with E-state index in [1.165, 1.54) is 32.1 Å². The highest BCUT2D eigenvalue weighted by atomic mass is 16.5. The molecule has 0 saturated heterocycles. The van der Waals surface area contributed by atoms with Crippen molar-refractivity contribution in [2.75, 3.05) is 0 Å². The predicted molar refractivity (Wildman–Crippen MR) is 99.4 cm³/mol. The van der Waals surface area contributed by atoms with Gasteiger partial charge < -0.3 is 15.3 Å². The lowest BCUT2D eigenvalue weighted by atomic mass is 9.89. The Labute approximate surface area is 156 Å². The monoisotopic (exact) mass is 366 g/mol. The third-order valence-corrected chi connectivity index (χ3v) is 6.14. The van der Waals surface area contributed by atoms with Crippen molar-refractivity contribution in [3.8, 4) is 0 Å². The number of rotatable bonds is 11. The molecule has 2 fully saturated rings. The summed E-state index contributed by atoms with van der Waals surface area (Å²) in [4.78, 5) is 22.8. The number of aliphatic hydroxyl groups is 2. The van der Waals surface area contributed by atoms with Crippen LogP contribution in [0.2, 0.25) is 0 Å². The van der Waals surface area contributed by atoms with Crippen molar-refractivity contribution in [3.63, 3.8) is 0 Å². The van der Waals surface area contributed by atoms with Crippen LogP contribution in [0.3, 0.4) is 0 Å². The van der Waals surface area contributed by atoms with Gasteiger partial charge in [0.05, 0.1) is 0 Å². The van der Waals surface area contributed by atoms with Gasteiger partial charge in [0.2, 0.25) is 0 Å². The minimum Gasteiger partial charge on any atom is -0.477 e. The zero-order chi connectivity index (χ0) is 19.0. The number of carboxylic acids is 1. The predicted octanol–water partition coefficient (Wildman–Crippen LogP) is 3.82. The molecular formula is C21H34O5. The van der Waals surface area contributed by atoms with E-state index in [9.17, 15) is 19.8 Å². The number of allylic oxidation sites excluding steroid dienone is 2. The molecule has 148 valence electrons. The van der Waals surface area contributed by atoms with Gasteiger partial charge in [0.25, 0.3) is 5.79 Å². The first-order valence-electron chi connectivity index (χ1n) is 10.3. The molecular weight excluding hydrogens is 332 g/mol. The smallest absolute Gasteiger partial charge is 0.364 e. The third-order valence-electron chi connectivity index (χ3n) is 6.14. The maximum Gasteiger partial charge on any atom is 0.364 e. The van der Waals surface area contributed by atoms with Gasteiger partial charge >= 0.3 is 5.97 Å². The van der Waals surface area contributed by atoms with Crippen LogP contribution in [0.25, 0.3) is 0 Å². The molecule has 2 aliphatic rings. The van der Waals surface area contributed by atoms with Gasteiger partial charge in [0, 0.05) is 18.8 Å². The fourth-order valence-corrected chi connectivity index (χ4v) is 4.46. The van der Waals surface area contributed by atoms with Gasteiger partial charge in [-0.2, -0.15) is 0 Å². The number of aliphatic carboxylic acids is 1. The second-order valence-electron chi connectivity index (χ2n) is 8.15. The lowest BCUT2D eigenvalue weighted by Gasteiger charge is -2.17. The van der Waals surface area contributed by atoms with Crippen LogP contribution < -0.4 is 0 Å². The summed E-state index contributed by atoms with van der Waals surface area (Å²) in [6.07, 6.45) is 16.6. The number of unbranched alkanes of at least 4 members (excludes halogenated alkanes) is 2. The Kier molecular flexibility index (Phi) is 8.29. The summed E-state index contributed by atoms with van der Waals surface area (Å²) in [5.41, 5.74) is 0. The number of hydrogen-bond acceptors (Lipinski definition) is 4. The van der Waals surface area contributed by atoms with Crippen molar-refractivity contribution < 1.29 is 24.9 Å². The summed E-state index contributed by atoms with van der Waals surface area (Å²) >= 11 is 0. The Morgan fingerprint density at radius 3 is 2.50 bits per heavy atom. The topological polar surface area (TPSA) is 94.8 Å². The molecule has 5 nitrogen and oxygen atoms in total. The fourth-order valence-electron chi connectivity index (χ4n) is 4.46. The lowest BCUT2D eigenvalue weighted by Crippen LogP contribution is -2.37. The van der Waals surface area contributed by atoms with Gasteiger partial charge in [-0.3, -0.25) is 4.79 Å². The maximum atomic E-state index is 12.1. The number of carbonyl (C=O) groups excluding carboxylic acids is 1. The molecule has 0 aromatic rings. The molecule has 0 amide bonds. The second kappa shape index (κ2) is 10.2. The van der Waals surface area contributed by atoms with Crippen LogP contribution in [0.5, 0.6) is 0 Å². The minimum absolute atomic E-state index is 0.0882. The number of ketones is 1. The molecule has 5 heteroatoms. The summed E-state index contributed by atoms with van der Waals surface area (Å²) in [6, 6.07) is 0. The summed E-state index contributed by atoms with van der Waals surface area (Å²) in [7, 11) is 0. The number of Topliss-reactive ketones (excluding diaryl/α,β-unsaturated/α-hetero) is 1. The highest BCUT2D eigenvalue weighted by Gasteiger charge is 2.33. The zero-order valence-corrected chi connectivity index (χ0v) is 15.7. The Bertz CT molecular complexity index is 491. The molecule has 0 heterocycles. The van der Waals surface area contributed by atoms with Crippen molar-refractivity contribution in [2.45, 2.75) is 89.3 Å². The van der Waals surface area contributed by atoms with E-state index in [-0.39, 0.29) is 12.3 Å². The number of carbonyl (C=O) groups is 2. The van der Waals surface area contributed by atoms with Crippen LogP contribution in [0.1, 0.15) is 83.5 Å². The highest BCUT2D eigenvalue weighted by Crippen LogP contribution is 2.34. The second-order valence-corrected chi connectivity index (χ2v) is 8.15. The molecule has 26 heavy (non-hydrogen) atoms. The van der Waals surface area contributed by atoms with Crippen LogP contribution >= 0.6 is 0 Å². The number of hydrogen-bond donors (Lipinski definition) is 3. The van der Waals surface area contributed by atoms with Gasteiger partial charge in [0.15, 0.2) is 0 Å². The fraction of sp³-hybridized carbons (Fsp3) is 0.810. The van der Waals surface area contributed by atoms with Crippen LogP contribution in [0, 0.1) is 17.8 Å². The normalized spacial score (nSPS) is 24.8. The molecule has 0 aromatic carbocycles. The molecule has 3 N–H and O–H groups in total. The molecule has 0 bridgehead atoms. The largest absolute Gasteiger partial charge is 0.477 e. The van der Waals surface area contributed by atoms with Crippen LogP contribution in [-0.2, 0) is 9.59 Å². The molecule has 0 aliphatic heterocycles. The Hall–Kier alpha value is -1.20. The summed E-state index contributed by atoms with van der Waals surface area (Å²) in [5, 5.41) is 27.2. The molecule has 2 aliphatic carbocycles. The Balaban J connectivity index is 1.65. The van der Waals surface area contributed by atoms with Crippen molar-refractivity contribution in [1.82, 2.24) is 0 Å². The van der Waals surface area contributed by atoms with Crippen molar-refractivity contribution in [2.24, 2.45) is 17.8 Å². The van der Waals surface area contributed by atoms with Gasteiger partial charge in [-0.25, -0.2) is 4.79 Å². The summed E-state index contributed by atoms with van der Waals surface area (Å²) < 4.78 is 0. The third kappa shape index (κ3) is 6.51. The van der Waals surface area contributed by atoms with Gasteiger partial charge in [-0.05, 0) is 43.9 Å². The van der Waals surface area contributed by atoms with Crippen LogP contribution in [-0.4, -0.2) is 32.9 Å². The molecule has 2 rings (SSSR count). The van der Waals surface area contributed by atoms with E-state index in [0.29, 0.717) is 31.0 Å². The van der Waals surface area contributed by atoms with E-state index in [1.54, 1.807) is 0 Å². The average Bonchev–Trinajstić information content (AvgIpc) is 3.22. The molecule has 0 unspecified atom stereocenters. The van der Waals surface area contributed by atoms with Crippen molar-refractivity contribution in [1.29, 1.82) is 0 Å². The first-order valence-corrected chi connectivity index (χ1v) is 10.3. The summed E-state index contributed by atoms with van der Waals surface area (Å²) in [5.74, 6) is -2.55. The van der Waals surface area contributed by atoms with E-state index in [4.69, 9.17) is 5.11 Å². The van der Waals surface area contributed by atoms with E-state index >= 15 is 0 Å². The van der Waals surface area contributed by atoms with Gasteiger partial charge in [0.1, 0.15) is 5.78 Å². The standard InChI is InChI=1S/C21H34O5/c22-19-14-13-17(11-6-5-10-16-8-3-4-9-16)18(19)12-2-1-7-15-21(25,26)20(23)24/h6,11,16-18,25-26H,1-5,7-10,12-15H2,(H,23,24)/b11-6+/t17-,18+/m0/s1. The van der Waals surface area contributed by atoms with E-state index < -0.39 is 11.8 Å². The average molecular weight is 366 g/mol. The maximum absolute atomic E-state index is 12.1. The van der Waals surface area contributed by atoms with E-state index in [0.717, 1.165) is 31.6 Å². The minimum atomic E-state index is -2.63. The molecule has 0 spiro atoms. The molecule has 2 atom stereocenters. The first kappa shape index (κ1) is 21.1. The van der Waals surface area contributed by atoms with Gasteiger partial charge in [-0.15, -0.1) is 0 Å². The lowest BCUT2D eigenvalue weighted by molar-refractivity contribution is -0.205. The van der Waals surface area contributed by atoms with Gasteiger partial charge in [-0.1, -0.05) is 50.7 Å². The zero-order valence-electron chi connectivity index (χ0n) is 15.7. The van der Waals surface area contributed by atoms with Crippen LogP contribution in [0.15, 0.2) is 12.2 Å². The first-order chi connectivity index (χ1) is 12.4. The highest BCUT2D eigenvalue weighted by molar-refractivity contribution is 5.83. The Morgan fingerprint density at radius 1 is 1.08 bits per heavy atom. The summed E-state index contributed by atoms with van der Waals surface area (Å²) in [6.45, 7) is 0. The number of carboxylic acid groups (broad SMARTS) is 1. The van der Waals surface area contributed by atoms with Crippen LogP contribution in [0.4, 0.5) is 0 Å². The Morgan fingerprint density at radius 2 is 1.81 bits per heavy atom.